The fourth-order valence-electron chi connectivity index (χ4n) is 1.94. The molecule has 2 rings (SSSR count). The predicted molar refractivity (Wildman–Crippen MR) is 81.6 cm³/mol. The molecule has 0 aliphatic heterocycles. The van der Waals surface area contributed by atoms with Gasteiger partial charge in [-0.3, -0.25) is 0 Å². The van der Waals surface area contributed by atoms with E-state index in [2.05, 4.69) is 46.1 Å². The number of thioether (sulfide) groups is 1. The number of hydrogen-bond acceptors (Lipinski definition) is 3. The Bertz CT molecular complexity index is 522. The molecule has 0 bridgehead atoms. The summed E-state index contributed by atoms with van der Waals surface area (Å²) in [7, 11) is 1.99. The Morgan fingerprint density at radius 1 is 1.42 bits per heavy atom. The van der Waals surface area contributed by atoms with Crippen molar-refractivity contribution in [1.29, 1.82) is 0 Å². The molecule has 102 valence electrons. The zero-order valence-electron chi connectivity index (χ0n) is 11.8. The molecule has 0 amide bonds. The molecule has 3 nitrogen and oxygen atoms in total. The lowest BCUT2D eigenvalue weighted by atomic mass is 10.1. The fraction of sp³-hybridized carbons (Fsp3) is 0.400. The first-order valence-corrected chi connectivity index (χ1v) is 7.57. The van der Waals surface area contributed by atoms with Gasteiger partial charge in [-0.25, -0.2) is 4.98 Å². The molecule has 4 heteroatoms. The van der Waals surface area contributed by atoms with Crippen LogP contribution in [-0.4, -0.2) is 22.4 Å². The summed E-state index contributed by atoms with van der Waals surface area (Å²) in [5.41, 5.74) is 1.34. The molecular weight excluding hydrogens is 254 g/mol. The Labute approximate surface area is 119 Å². The molecule has 1 aromatic carbocycles. The lowest BCUT2D eigenvalue weighted by Crippen LogP contribution is -2.12. The Morgan fingerprint density at radius 2 is 2.26 bits per heavy atom. The normalized spacial score (nSPS) is 12.6. The van der Waals surface area contributed by atoms with Crippen LogP contribution in [0.3, 0.4) is 0 Å². The first-order chi connectivity index (χ1) is 9.20. The topological polar surface area (TPSA) is 29.9 Å². The number of imidazole rings is 1. The van der Waals surface area contributed by atoms with Gasteiger partial charge in [0.25, 0.3) is 0 Å². The van der Waals surface area contributed by atoms with Gasteiger partial charge in [-0.15, -0.1) is 11.8 Å². The van der Waals surface area contributed by atoms with Crippen LogP contribution in [0, 0.1) is 6.92 Å². The number of rotatable bonds is 6. The van der Waals surface area contributed by atoms with Crippen LogP contribution in [0.4, 0.5) is 0 Å². The van der Waals surface area contributed by atoms with E-state index in [9.17, 15) is 0 Å². The van der Waals surface area contributed by atoms with Gasteiger partial charge in [0.05, 0.1) is 0 Å². The molecule has 0 radical (unpaired) electrons. The molecule has 0 saturated carbocycles. The van der Waals surface area contributed by atoms with E-state index in [1.54, 1.807) is 0 Å². The molecule has 1 unspecified atom stereocenters. The summed E-state index contributed by atoms with van der Waals surface area (Å²) in [4.78, 5) is 5.57. The maximum Gasteiger partial charge on any atom is 0.105 e. The van der Waals surface area contributed by atoms with Gasteiger partial charge in [0.2, 0.25) is 0 Å². The van der Waals surface area contributed by atoms with Crippen LogP contribution < -0.4 is 5.32 Å². The Balaban J connectivity index is 1.91. The van der Waals surface area contributed by atoms with E-state index in [1.165, 1.54) is 10.5 Å². The van der Waals surface area contributed by atoms with Crippen molar-refractivity contribution in [2.24, 2.45) is 0 Å². The Hall–Kier alpha value is -1.26. The summed E-state index contributed by atoms with van der Waals surface area (Å²) < 4.78 is 2.19. The molecule has 0 aliphatic carbocycles. The Morgan fingerprint density at radius 3 is 2.95 bits per heavy atom. The van der Waals surface area contributed by atoms with E-state index >= 15 is 0 Å². The highest BCUT2D eigenvalue weighted by atomic mass is 32.2. The summed E-state index contributed by atoms with van der Waals surface area (Å²) in [6.45, 7) is 5.22. The van der Waals surface area contributed by atoms with Crippen LogP contribution in [0.15, 0.2) is 41.6 Å². The van der Waals surface area contributed by atoms with E-state index in [0.29, 0.717) is 6.04 Å². The van der Waals surface area contributed by atoms with Gasteiger partial charge < -0.3 is 9.88 Å². The third-order valence-corrected chi connectivity index (χ3v) is 4.29. The molecule has 0 spiro atoms. The lowest BCUT2D eigenvalue weighted by molar-refractivity contribution is 0.651. The van der Waals surface area contributed by atoms with Crippen LogP contribution in [-0.2, 0) is 6.54 Å². The minimum Gasteiger partial charge on any atom is -0.334 e. The Kier molecular flexibility index (Phi) is 5.05. The largest absolute Gasteiger partial charge is 0.334 e. The van der Waals surface area contributed by atoms with E-state index in [-0.39, 0.29) is 0 Å². The van der Waals surface area contributed by atoms with Crippen LogP contribution in [0.2, 0.25) is 0 Å². The second-order valence-corrected chi connectivity index (χ2v) is 5.77. The smallest absolute Gasteiger partial charge is 0.105 e. The number of aryl methyl sites for hydroxylation is 2. The second-order valence-electron chi connectivity index (χ2n) is 4.60. The van der Waals surface area contributed by atoms with Crippen molar-refractivity contribution in [2.75, 3.05) is 12.8 Å². The van der Waals surface area contributed by atoms with Gasteiger partial charge in [0.1, 0.15) is 5.82 Å². The maximum absolute atomic E-state index is 4.24. The molecule has 0 saturated heterocycles. The quantitative estimate of drug-likeness (QED) is 0.821. The minimum absolute atomic E-state index is 0.399. The van der Waals surface area contributed by atoms with Crippen molar-refractivity contribution < 1.29 is 0 Å². The van der Waals surface area contributed by atoms with Gasteiger partial charge in [0.15, 0.2) is 0 Å². The third kappa shape index (κ3) is 3.85. The summed E-state index contributed by atoms with van der Waals surface area (Å²) in [6.07, 6.45) is 3.89. The molecule has 1 atom stereocenters. The van der Waals surface area contributed by atoms with Crippen molar-refractivity contribution in [3.8, 4) is 0 Å². The minimum atomic E-state index is 0.399. The van der Waals surface area contributed by atoms with Gasteiger partial charge in [0, 0.05) is 35.6 Å². The molecule has 1 aromatic heterocycles. The highest BCUT2D eigenvalue weighted by Crippen LogP contribution is 2.22. The van der Waals surface area contributed by atoms with Crippen molar-refractivity contribution >= 4 is 11.8 Å². The zero-order valence-corrected chi connectivity index (χ0v) is 12.6. The van der Waals surface area contributed by atoms with Crippen LogP contribution in [0.1, 0.15) is 24.4 Å². The number of aromatic nitrogens is 2. The van der Waals surface area contributed by atoms with Crippen molar-refractivity contribution in [2.45, 2.75) is 31.3 Å². The van der Waals surface area contributed by atoms with Gasteiger partial charge in [-0.1, -0.05) is 12.1 Å². The summed E-state index contributed by atoms with van der Waals surface area (Å²) >= 11 is 1.89. The van der Waals surface area contributed by atoms with Crippen molar-refractivity contribution in [3.63, 3.8) is 0 Å². The van der Waals surface area contributed by atoms with Crippen molar-refractivity contribution in [3.05, 3.63) is 48.0 Å². The molecular formula is C15H21N3S. The van der Waals surface area contributed by atoms with Crippen molar-refractivity contribution in [1.82, 2.24) is 14.9 Å². The monoisotopic (exact) mass is 275 g/mol. The van der Waals surface area contributed by atoms with Crippen LogP contribution >= 0.6 is 11.8 Å². The third-order valence-electron chi connectivity index (χ3n) is 3.32. The molecule has 2 aromatic rings. The lowest BCUT2D eigenvalue weighted by Gasteiger charge is -2.12. The molecule has 0 aliphatic rings. The second kappa shape index (κ2) is 6.78. The van der Waals surface area contributed by atoms with Gasteiger partial charge in [-0.2, -0.15) is 0 Å². The highest BCUT2D eigenvalue weighted by Gasteiger charge is 2.03. The van der Waals surface area contributed by atoms with E-state index in [4.69, 9.17) is 0 Å². The van der Waals surface area contributed by atoms with Crippen LogP contribution in [0.5, 0.6) is 0 Å². The molecule has 0 fully saturated rings. The summed E-state index contributed by atoms with van der Waals surface area (Å²) in [5.74, 6) is 2.15. The highest BCUT2D eigenvalue weighted by molar-refractivity contribution is 7.99. The van der Waals surface area contributed by atoms with E-state index in [1.807, 2.05) is 38.1 Å². The molecule has 19 heavy (non-hydrogen) atoms. The first-order valence-electron chi connectivity index (χ1n) is 6.58. The van der Waals surface area contributed by atoms with E-state index < -0.39 is 0 Å². The average molecular weight is 275 g/mol. The SMILES string of the molecule is CNC(C)c1cccc(SCCn2ccnc2C)c1. The first kappa shape index (κ1) is 14.2. The van der Waals surface area contributed by atoms with Crippen LogP contribution in [0.25, 0.3) is 0 Å². The number of nitrogens with one attached hydrogen (secondary N) is 1. The molecule has 1 heterocycles. The summed E-state index contributed by atoms with van der Waals surface area (Å²) in [5, 5.41) is 3.27. The average Bonchev–Trinajstić information content (AvgIpc) is 2.84. The zero-order chi connectivity index (χ0) is 13.7. The standard InChI is InChI=1S/C15H21N3S/c1-12(16-3)14-5-4-6-15(11-14)19-10-9-18-8-7-17-13(18)2/h4-8,11-12,16H,9-10H2,1-3H3. The number of benzene rings is 1. The maximum atomic E-state index is 4.24. The molecule has 1 N–H and O–H groups in total. The summed E-state index contributed by atoms with van der Waals surface area (Å²) in [6, 6.07) is 9.15. The predicted octanol–water partition coefficient (Wildman–Crippen LogP) is 3.26. The van der Waals surface area contributed by atoms with Gasteiger partial charge in [-0.05, 0) is 38.6 Å². The fourth-order valence-corrected chi connectivity index (χ4v) is 2.86. The van der Waals surface area contributed by atoms with E-state index in [0.717, 1.165) is 18.1 Å². The van der Waals surface area contributed by atoms with Gasteiger partial charge >= 0.3 is 0 Å². The number of hydrogen-bond donors (Lipinski definition) is 1. The number of nitrogens with zero attached hydrogens (tertiary/aromatic N) is 2.